The Kier molecular flexibility index (Phi) is 5.94. The van der Waals surface area contributed by atoms with E-state index in [2.05, 4.69) is 0 Å². The van der Waals surface area contributed by atoms with Gasteiger partial charge in [0, 0.05) is 0 Å². The lowest BCUT2D eigenvalue weighted by atomic mass is 10.2. The SMILES string of the molecule is O=C(OCc1ccccc1)c1ccc(OCC(O)CO)cc1. The lowest BCUT2D eigenvalue weighted by molar-refractivity contribution is 0.0471. The van der Waals surface area contributed by atoms with Crippen molar-refractivity contribution in [3.05, 3.63) is 65.7 Å². The summed E-state index contributed by atoms with van der Waals surface area (Å²) < 4.78 is 10.5. The molecule has 0 amide bonds. The molecular formula is C17H18O5. The molecular weight excluding hydrogens is 284 g/mol. The van der Waals surface area contributed by atoms with Crippen molar-refractivity contribution >= 4 is 5.97 Å². The number of carbonyl (C=O) groups excluding carboxylic acids is 1. The van der Waals surface area contributed by atoms with Gasteiger partial charge in [-0.2, -0.15) is 0 Å². The summed E-state index contributed by atoms with van der Waals surface area (Å²) >= 11 is 0. The molecule has 0 aliphatic carbocycles. The molecule has 0 saturated heterocycles. The van der Waals surface area contributed by atoms with Crippen molar-refractivity contribution in [2.24, 2.45) is 0 Å². The Morgan fingerprint density at radius 2 is 1.73 bits per heavy atom. The second kappa shape index (κ2) is 8.17. The zero-order valence-corrected chi connectivity index (χ0v) is 12.0. The van der Waals surface area contributed by atoms with Crippen LogP contribution >= 0.6 is 0 Å². The first-order valence-corrected chi connectivity index (χ1v) is 6.92. The number of hydrogen-bond donors (Lipinski definition) is 2. The zero-order chi connectivity index (χ0) is 15.8. The van der Waals surface area contributed by atoms with E-state index in [1.54, 1.807) is 24.3 Å². The Balaban J connectivity index is 1.85. The average Bonchev–Trinajstić information content (AvgIpc) is 2.59. The lowest BCUT2D eigenvalue weighted by Crippen LogP contribution is -2.21. The van der Waals surface area contributed by atoms with Crippen LogP contribution in [0.25, 0.3) is 0 Å². The first-order chi connectivity index (χ1) is 10.7. The number of aliphatic hydroxyl groups is 2. The Morgan fingerprint density at radius 1 is 1.05 bits per heavy atom. The van der Waals surface area contributed by atoms with Crippen LogP contribution in [0.2, 0.25) is 0 Å². The van der Waals surface area contributed by atoms with Gasteiger partial charge < -0.3 is 19.7 Å². The smallest absolute Gasteiger partial charge is 0.338 e. The van der Waals surface area contributed by atoms with E-state index in [1.165, 1.54) is 0 Å². The van der Waals surface area contributed by atoms with Gasteiger partial charge in [-0.05, 0) is 29.8 Å². The molecule has 1 atom stereocenters. The van der Waals surface area contributed by atoms with Gasteiger partial charge in [-0.25, -0.2) is 4.79 Å². The molecule has 5 nitrogen and oxygen atoms in total. The molecule has 0 aromatic heterocycles. The number of hydrogen-bond acceptors (Lipinski definition) is 5. The van der Waals surface area contributed by atoms with Gasteiger partial charge in [0.25, 0.3) is 0 Å². The molecule has 0 fully saturated rings. The third-order valence-electron chi connectivity index (χ3n) is 2.96. The topological polar surface area (TPSA) is 76.0 Å². The van der Waals surface area contributed by atoms with Crippen molar-refractivity contribution in [3.63, 3.8) is 0 Å². The van der Waals surface area contributed by atoms with E-state index in [0.29, 0.717) is 11.3 Å². The highest BCUT2D eigenvalue weighted by atomic mass is 16.5. The second-order valence-electron chi connectivity index (χ2n) is 4.73. The maximum atomic E-state index is 11.9. The van der Waals surface area contributed by atoms with E-state index in [9.17, 15) is 9.90 Å². The van der Waals surface area contributed by atoms with E-state index in [1.807, 2.05) is 30.3 Å². The first kappa shape index (κ1) is 16.0. The molecule has 0 bridgehead atoms. The van der Waals surface area contributed by atoms with Crippen molar-refractivity contribution in [3.8, 4) is 5.75 Å². The van der Waals surface area contributed by atoms with Crippen LogP contribution in [0.3, 0.4) is 0 Å². The Hall–Kier alpha value is -2.37. The van der Waals surface area contributed by atoms with Crippen LogP contribution < -0.4 is 4.74 Å². The third kappa shape index (κ3) is 4.87. The van der Waals surface area contributed by atoms with Gasteiger partial charge in [-0.3, -0.25) is 0 Å². The minimum atomic E-state index is -0.921. The van der Waals surface area contributed by atoms with Crippen LogP contribution in [0.5, 0.6) is 5.75 Å². The average molecular weight is 302 g/mol. The van der Waals surface area contributed by atoms with E-state index in [4.69, 9.17) is 14.6 Å². The zero-order valence-electron chi connectivity index (χ0n) is 12.0. The molecule has 0 aliphatic heterocycles. The van der Waals surface area contributed by atoms with Gasteiger partial charge in [0.15, 0.2) is 0 Å². The Labute approximate surface area is 128 Å². The molecule has 0 aliphatic rings. The van der Waals surface area contributed by atoms with Gasteiger partial charge in [0.1, 0.15) is 25.1 Å². The predicted octanol–water partition coefficient (Wildman–Crippen LogP) is 1.78. The predicted molar refractivity (Wildman–Crippen MR) is 80.6 cm³/mol. The molecule has 1 unspecified atom stereocenters. The standard InChI is InChI=1S/C17H18O5/c18-10-15(19)12-21-16-8-6-14(7-9-16)17(20)22-11-13-4-2-1-3-5-13/h1-9,15,18-19H,10-12H2. The van der Waals surface area contributed by atoms with Gasteiger partial charge in [-0.15, -0.1) is 0 Å². The summed E-state index contributed by atoms with van der Waals surface area (Å²) in [6, 6.07) is 15.9. The molecule has 0 spiro atoms. The normalized spacial score (nSPS) is 11.7. The fourth-order valence-corrected chi connectivity index (χ4v) is 1.74. The second-order valence-corrected chi connectivity index (χ2v) is 4.73. The molecule has 116 valence electrons. The fourth-order valence-electron chi connectivity index (χ4n) is 1.74. The maximum absolute atomic E-state index is 11.9. The van der Waals surface area contributed by atoms with Gasteiger partial charge >= 0.3 is 5.97 Å². The quantitative estimate of drug-likeness (QED) is 0.762. The van der Waals surface area contributed by atoms with Crippen LogP contribution in [0.1, 0.15) is 15.9 Å². The van der Waals surface area contributed by atoms with E-state index < -0.39 is 12.1 Å². The van der Waals surface area contributed by atoms with E-state index >= 15 is 0 Å². The van der Waals surface area contributed by atoms with Crippen molar-refractivity contribution in [2.45, 2.75) is 12.7 Å². The summed E-state index contributed by atoms with van der Waals surface area (Å²) in [4.78, 5) is 11.9. The highest BCUT2D eigenvalue weighted by Crippen LogP contribution is 2.14. The molecule has 0 saturated carbocycles. The maximum Gasteiger partial charge on any atom is 0.338 e. The molecule has 2 aromatic rings. The lowest BCUT2D eigenvalue weighted by Gasteiger charge is -2.10. The molecule has 0 radical (unpaired) electrons. The largest absolute Gasteiger partial charge is 0.491 e. The van der Waals surface area contributed by atoms with Crippen molar-refractivity contribution < 1.29 is 24.5 Å². The number of ether oxygens (including phenoxy) is 2. The highest BCUT2D eigenvalue weighted by Gasteiger charge is 2.08. The van der Waals surface area contributed by atoms with Crippen LogP contribution in [-0.2, 0) is 11.3 Å². The van der Waals surface area contributed by atoms with Crippen molar-refractivity contribution in [1.29, 1.82) is 0 Å². The summed E-state index contributed by atoms with van der Waals surface area (Å²) in [6.45, 7) is -0.140. The van der Waals surface area contributed by atoms with Gasteiger partial charge in [0.2, 0.25) is 0 Å². The van der Waals surface area contributed by atoms with Crippen molar-refractivity contribution in [1.82, 2.24) is 0 Å². The molecule has 22 heavy (non-hydrogen) atoms. The monoisotopic (exact) mass is 302 g/mol. The minimum Gasteiger partial charge on any atom is -0.491 e. The van der Waals surface area contributed by atoms with Gasteiger partial charge in [-0.1, -0.05) is 30.3 Å². The summed E-state index contributed by atoms with van der Waals surface area (Å²) in [5, 5.41) is 17.9. The summed E-state index contributed by atoms with van der Waals surface area (Å²) in [7, 11) is 0. The van der Waals surface area contributed by atoms with Crippen LogP contribution in [0.4, 0.5) is 0 Å². The minimum absolute atomic E-state index is 0.00565. The van der Waals surface area contributed by atoms with E-state index in [-0.39, 0.29) is 19.8 Å². The molecule has 2 rings (SSSR count). The van der Waals surface area contributed by atoms with Crippen LogP contribution in [0, 0.1) is 0 Å². The number of benzene rings is 2. The van der Waals surface area contributed by atoms with E-state index in [0.717, 1.165) is 5.56 Å². The third-order valence-corrected chi connectivity index (χ3v) is 2.96. The van der Waals surface area contributed by atoms with Crippen LogP contribution in [0.15, 0.2) is 54.6 Å². The number of carbonyl (C=O) groups is 1. The summed E-state index contributed by atoms with van der Waals surface area (Å²) in [6.07, 6.45) is -0.921. The summed E-state index contributed by atoms with van der Waals surface area (Å²) in [5.74, 6) is 0.0953. The molecule has 2 aromatic carbocycles. The Morgan fingerprint density at radius 3 is 2.36 bits per heavy atom. The number of aliphatic hydroxyl groups excluding tert-OH is 2. The highest BCUT2D eigenvalue weighted by molar-refractivity contribution is 5.89. The molecule has 2 N–H and O–H groups in total. The van der Waals surface area contributed by atoms with Crippen LogP contribution in [-0.4, -0.2) is 35.5 Å². The summed E-state index contributed by atoms with van der Waals surface area (Å²) in [5.41, 5.74) is 1.35. The van der Waals surface area contributed by atoms with Gasteiger partial charge in [0.05, 0.1) is 12.2 Å². The number of esters is 1. The van der Waals surface area contributed by atoms with Crippen molar-refractivity contribution in [2.75, 3.05) is 13.2 Å². The first-order valence-electron chi connectivity index (χ1n) is 6.92. The number of rotatable bonds is 7. The molecule has 0 heterocycles. The molecule has 5 heteroatoms. The Bertz CT molecular complexity index is 580. The fraction of sp³-hybridized carbons (Fsp3) is 0.235.